The standard InChI is InChI=1S/C9H7BrO2.Na/c10-8-4-2-1-3-7(8)9(12)5-6-11;/h1-6,11H;/q;+1/p-1/b6-5+;. The minimum atomic E-state index is -0.280. The summed E-state index contributed by atoms with van der Waals surface area (Å²) >= 11 is 3.21. The van der Waals surface area contributed by atoms with Crippen LogP contribution in [0, 0.1) is 0 Å². The summed E-state index contributed by atoms with van der Waals surface area (Å²) in [7, 11) is 0. The van der Waals surface area contributed by atoms with Crippen molar-refractivity contribution in [3.8, 4) is 0 Å². The summed E-state index contributed by atoms with van der Waals surface area (Å²) in [6, 6.07) is 6.97. The Morgan fingerprint density at radius 2 is 2.00 bits per heavy atom. The maximum absolute atomic E-state index is 11.1. The van der Waals surface area contributed by atoms with Crippen molar-refractivity contribution in [3.63, 3.8) is 0 Å². The molecule has 0 atom stereocenters. The van der Waals surface area contributed by atoms with Crippen LogP contribution in [0.2, 0.25) is 0 Å². The van der Waals surface area contributed by atoms with Crippen molar-refractivity contribution in [3.05, 3.63) is 46.6 Å². The topological polar surface area (TPSA) is 40.1 Å². The fraction of sp³-hybridized carbons (Fsp3) is 0. The Labute approximate surface area is 107 Å². The molecule has 0 fully saturated rings. The summed E-state index contributed by atoms with van der Waals surface area (Å²) < 4.78 is 0.702. The van der Waals surface area contributed by atoms with Gasteiger partial charge in [0.25, 0.3) is 0 Å². The zero-order chi connectivity index (χ0) is 8.97. The monoisotopic (exact) mass is 248 g/mol. The van der Waals surface area contributed by atoms with E-state index >= 15 is 0 Å². The first-order valence-corrected chi connectivity index (χ1v) is 4.12. The second-order valence-electron chi connectivity index (χ2n) is 2.15. The quantitative estimate of drug-likeness (QED) is 0.277. The van der Waals surface area contributed by atoms with E-state index in [1.807, 2.05) is 6.07 Å². The molecule has 0 amide bonds. The van der Waals surface area contributed by atoms with E-state index < -0.39 is 0 Å². The summed E-state index contributed by atoms with van der Waals surface area (Å²) in [4.78, 5) is 11.1. The van der Waals surface area contributed by atoms with Gasteiger partial charge in [-0.25, -0.2) is 0 Å². The predicted molar refractivity (Wildman–Crippen MR) is 47.6 cm³/mol. The van der Waals surface area contributed by atoms with Gasteiger partial charge >= 0.3 is 29.6 Å². The molecule has 1 rings (SSSR count). The van der Waals surface area contributed by atoms with Gasteiger partial charge in [-0.2, -0.15) is 0 Å². The number of allylic oxidation sites excluding steroid dienone is 1. The van der Waals surface area contributed by atoms with Gasteiger partial charge in [-0.1, -0.05) is 28.1 Å². The Balaban J connectivity index is 0.00000144. The molecule has 62 valence electrons. The summed E-state index contributed by atoms with van der Waals surface area (Å²) in [5, 5.41) is 10.0. The number of carbonyl (C=O) groups excluding carboxylic acids is 1. The van der Waals surface area contributed by atoms with Crippen molar-refractivity contribution >= 4 is 21.7 Å². The van der Waals surface area contributed by atoms with Crippen LogP contribution in [0.5, 0.6) is 0 Å². The average Bonchev–Trinajstić information content (AvgIpc) is 2.05. The summed E-state index contributed by atoms with van der Waals surface area (Å²) in [6.07, 6.45) is 1.49. The molecule has 0 N–H and O–H groups in total. The summed E-state index contributed by atoms with van der Waals surface area (Å²) in [6.45, 7) is 0. The van der Waals surface area contributed by atoms with Crippen LogP contribution >= 0.6 is 15.9 Å². The van der Waals surface area contributed by atoms with Gasteiger partial charge in [0, 0.05) is 10.0 Å². The van der Waals surface area contributed by atoms with Gasteiger partial charge in [-0.3, -0.25) is 4.79 Å². The Hall–Kier alpha value is -0.0900. The van der Waals surface area contributed by atoms with Gasteiger partial charge in [0.2, 0.25) is 0 Å². The van der Waals surface area contributed by atoms with Crippen LogP contribution in [0.4, 0.5) is 0 Å². The molecule has 2 nitrogen and oxygen atoms in total. The molecule has 0 saturated carbocycles. The number of rotatable bonds is 2. The minimum Gasteiger partial charge on any atom is -0.878 e. The van der Waals surface area contributed by atoms with Crippen LogP contribution in [0.1, 0.15) is 10.4 Å². The minimum absolute atomic E-state index is 0. The maximum Gasteiger partial charge on any atom is 1.00 e. The smallest absolute Gasteiger partial charge is 0.878 e. The van der Waals surface area contributed by atoms with E-state index in [1.54, 1.807) is 18.2 Å². The van der Waals surface area contributed by atoms with Crippen LogP contribution in [-0.4, -0.2) is 5.78 Å². The Kier molecular flexibility index (Phi) is 6.33. The van der Waals surface area contributed by atoms with Crippen molar-refractivity contribution in [2.75, 3.05) is 0 Å². The molecule has 0 bridgehead atoms. The van der Waals surface area contributed by atoms with E-state index in [2.05, 4.69) is 15.9 Å². The Morgan fingerprint density at radius 3 is 2.54 bits per heavy atom. The van der Waals surface area contributed by atoms with E-state index in [4.69, 9.17) is 0 Å². The molecular weight excluding hydrogens is 243 g/mol. The first kappa shape index (κ1) is 12.9. The fourth-order valence-electron chi connectivity index (χ4n) is 0.813. The van der Waals surface area contributed by atoms with Crippen LogP contribution in [-0.2, 0) is 0 Å². The zero-order valence-electron chi connectivity index (χ0n) is 7.16. The van der Waals surface area contributed by atoms with E-state index in [9.17, 15) is 9.90 Å². The molecule has 0 heterocycles. The van der Waals surface area contributed by atoms with Gasteiger partial charge in [0.1, 0.15) is 0 Å². The fourth-order valence-corrected chi connectivity index (χ4v) is 1.29. The number of benzene rings is 1. The first-order valence-electron chi connectivity index (χ1n) is 3.33. The van der Waals surface area contributed by atoms with Gasteiger partial charge in [-0.15, -0.1) is 6.26 Å². The molecule has 0 aromatic heterocycles. The van der Waals surface area contributed by atoms with Gasteiger partial charge < -0.3 is 5.11 Å². The van der Waals surface area contributed by atoms with Crippen LogP contribution in [0.3, 0.4) is 0 Å². The van der Waals surface area contributed by atoms with Gasteiger partial charge in [-0.05, 0) is 18.2 Å². The molecule has 0 aliphatic rings. The van der Waals surface area contributed by atoms with Crippen LogP contribution in [0.25, 0.3) is 0 Å². The van der Waals surface area contributed by atoms with Crippen molar-refractivity contribution in [1.29, 1.82) is 0 Å². The number of carbonyl (C=O) groups is 1. The number of hydrogen-bond donors (Lipinski definition) is 0. The zero-order valence-corrected chi connectivity index (χ0v) is 10.7. The van der Waals surface area contributed by atoms with Crippen LogP contribution in [0.15, 0.2) is 41.1 Å². The molecule has 0 aliphatic heterocycles. The molecule has 1 aromatic carbocycles. The first-order chi connectivity index (χ1) is 5.75. The second kappa shape index (κ2) is 6.38. The third kappa shape index (κ3) is 3.65. The van der Waals surface area contributed by atoms with E-state index in [1.165, 1.54) is 0 Å². The average molecular weight is 249 g/mol. The van der Waals surface area contributed by atoms with Crippen LogP contribution < -0.4 is 34.7 Å². The molecular formula is C9H6BrNaO2. The van der Waals surface area contributed by atoms with E-state index in [0.717, 1.165) is 6.08 Å². The number of halogens is 1. The van der Waals surface area contributed by atoms with Crippen molar-refractivity contribution in [2.24, 2.45) is 0 Å². The summed E-state index contributed by atoms with van der Waals surface area (Å²) in [5.41, 5.74) is 0.504. The third-order valence-electron chi connectivity index (χ3n) is 1.36. The largest absolute Gasteiger partial charge is 1.00 e. The van der Waals surface area contributed by atoms with Crippen molar-refractivity contribution in [1.82, 2.24) is 0 Å². The number of ketones is 1. The molecule has 0 spiro atoms. The number of hydrogen-bond acceptors (Lipinski definition) is 2. The maximum atomic E-state index is 11.1. The van der Waals surface area contributed by atoms with E-state index in [0.29, 0.717) is 16.3 Å². The Bertz CT molecular complexity index is 323. The normalized spacial score (nSPS) is 9.62. The SMILES string of the molecule is O=C(/C=C/[O-])c1ccccc1Br.[Na+]. The molecule has 0 unspecified atom stereocenters. The molecule has 0 aliphatic carbocycles. The Morgan fingerprint density at radius 1 is 1.38 bits per heavy atom. The molecule has 0 radical (unpaired) electrons. The third-order valence-corrected chi connectivity index (χ3v) is 2.05. The van der Waals surface area contributed by atoms with Crippen molar-refractivity contribution < 1.29 is 39.5 Å². The molecule has 4 heteroatoms. The molecule has 1 aromatic rings. The van der Waals surface area contributed by atoms with E-state index in [-0.39, 0.29) is 35.3 Å². The van der Waals surface area contributed by atoms with Crippen molar-refractivity contribution in [2.45, 2.75) is 0 Å². The second-order valence-corrected chi connectivity index (χ2v) is 3.00. The molecule has 13 heavy (non-hydrogen) atoms. The predicted octanol–water partition coefficient (Wildman–Crippen LogP) is -1.49. The van der Waals surface area contributed by atoms with Gasteiger partial charge in [0.15, 0.2) is 5.78 Å². The summed E-state index contributed by atoms with van der Waals surface area (Å²) in [5.74, 6) is -0.280. The molecule has 0 saturated heterocycles. The van der Waals surface area contributed by atoms with Gasteiger partial charge in [0.05, 0.1) is 0 Å².